The van der Waals surface area contributed by atoms with Crippen molar-refractivity contribution in [1.82, 2.24) is 14.4 Å². The Morgan fingerprint density at radius 3 is 2.27 bits per heavy atom. The van der Waals surface area contributed by atoms with Gasteiger partial charge in [0, 0.05) is 56.2 Å². The molecule has 3 nitrogen and oxygen atoms in total. The van der Waals surface area contributed by atoms with Gasteiger partial charge < -0.3 is 9.47 Å². The zero-order chi connectivity index (χ0) is 14.1. The maximum Gasteiger partial charge on any atom is 0.0799 e. The zero-order valence-electron chi connectivity index (χ0n) is 13.4. The summed E-state index contributed by atoms with van der Waals surface area (Å²) >= 11 is 1.86. The number of likely N-dealkylation sites (N-methyl/N-ethyl adjacent to an activating group) is 1. The number of hydrogen-bond acceptors (Lipinski definition) is 3. The predicted octanol–water partition coefficient (Wildman–Crippen LogP) is 3.49. The normalized spacial score (nSPS) is 16.3. The van der Waals surface area contributed by atoms with E-state index in [-0.39, 0.29) is 24.8 Å². The van der Waals surface area contributed by atoms with Gasteiger partial charge in [0.2, 0.25) is 0 Å². The highest BCUT2D eigenvalue weighted by Crippen LogP contribution is 2.32. The summed E-state index contributed by atoms with van der Waals surface area (Å²) in [6.07, 6.45) is 2.18. The molecule has 1 fully saturated rings. The van der Waals surface area contributed by atoms with E-state index in [1.165, 1.54) is 47.7 Å². The molecule has 1 saturated heterocycles. The molecule has 3 rings (SSSR count). The molecular formula is C16H25Cl2N3S. The van der Waals surface area contributed by atoms with Crippen LogP contribution >= 0.6 is 36.6 Å². The Balaban J connectivity index is 0.00000121. The van der Waals surface area contributed by atoms with E-state index in [1.807, 2.05) is 11.8 Å². The van der Waals surface area contributed by atoms with Crippen LogP contribution in [0.25, 0.3) is 10.9 Å². The Kier molecular flexibility index (Phi) is 7.56. The van der Waals surface area contributed by atoms with Crippen molar-refractivity contribution in [3.8, 4) is 0 Å². The van der Waals surface area contributed by atoms with Crippen LogP contribution in [0.3, 0.4) is 0 Å². The fourth-order valence-electron chi connectivity index (χ4n) is 3.09. The van der Waals surface area contributed by atoms with E-state index < -0.39 is 0 Å². The van der Waals surface area contributed by atoms with Gasteiger partial charge in [0.1, 0.15) is 0 Å². The van der Waals surface area contributed by atoms with Crippen LogP contribution in [0.15, 0.2) is 29.3 Å². The number of aryl methyl sites for hydroxylation is 1. The van der Waals surface area contributed by atoms with Crippen LogP contribution in [0.1, 0.15) is 5.56 Å². The topological polar surface area (TPSA) is 11.4 Å². The first-order valence-electron chi connectivity index (χ1n) is 7.22. The van der Waals surface area contributed by atoms with Crippen molar-refractivity contribution < 1.29 is 0 Å². The summed E-state index contributed by atoms with van der Waals surface area (Å²) < 4.78 is 2.34. The molecule has 1 aromatic carbocycles. The van der Waals surface area contributed by atoms with E-state index in [4.69, 9.17) is 0 Å². The van der Waals surface area contributed by atoms with Crippen molar-refractivity contribution in [2.45, 2.75) is 11.6 Å². The van der Waals surface area contributed by atoms with E-state index >= 15 is 0 Å². The fourth-order valence-corrected chi connectivity index (χ4v) is 3.88. The molecule has 0 atom stereocenters. The molecule has 124 valence electrons. The molecule has 0 spiro atoms. The first kappa shape index (κ1) is 19.7. The predicted molar refractivity (Wildman–Crippen MR) is 102 cm³/mol. The van der Waals surface area contributed by atoms with Crippen LogP contribution < -0.4 is 0 Å². The largest absolute Gasteiger partial charge is 0.339 e. The molecule has 22 heavy (non-hydrogen) atoms. The van der Waals surface area contributed by atoms with Gasteiger partial charge >= 0.3 is 0 Å². The Labute approximate surface area is 149 Å². The molecule has 0 aliphatic carbocycles. The Morgan fingerprint density at radius 1 is 1.00 bits per heavy atom. The van der Waals surface area contributed by atoms with Crippen LogP contribution in [0.4, 0.5) is 0 Å². The second-order valence-electron chi connectivity index (χ2n) is 5.64. The lowest BCUT2D eigenvalue weighted by Gasteiger charge is -2.32. The van der Waals surface area contributed by atoms with Crippen molar-refractivity contribution in [2.75, 3.05) is 39.5 Å². The minimum Gasteiger partial charge on any atom is -0.339 e. The first-order chi connectivity index (χ1) is 9.70. The molecule has 1 aliphatic heterocycles. The second-order valence-corrected chi connectivity index (χ2v) is 6.44. The van der Waals surface area contributed by atoms with Crippen molar-refractivity contribution >= 4 is 47.5 Å². The number of fused-ring (bicyclic) bond motifs is 1. The van der Waals surface area contributed by atoms with Gasteiger partial charge in [0.25, 0.3) is 0 Å². The molecule has 0 saturated carbocycles. The van der Waals surface area contributed by atoms with E-state index in [0.29, 0.717) is 0 Å². The van der Waals surface area contributed by atoms with Gasteiger partial charge in [-0.25, -0.2) is 0 Å². The number of para-hydroxylation sites is 1. The Bertz CT molecular complexity index is 607. The van der Waals surface area contributed by atoms with Crippen molar-refractivity contribution in [2.24, 2.45) is 7.05 Å². The highest BCUT2D eigenvalue weighted by Gasteiger charge is 2.19. The van der Waals surface area contributed by atoms with Gasteiger partial charge in [-0.05, 0) is 19.4 Å². The van der Waals surface area contributed by atoms with E-state index in [9.17, 15) is 0 Å². The summed E-state index contributed by atoms with van der Waals surface area (Å²) in [5, 5.41) is 2.82. The fraction of sp³-hybridized carbons (Fsp3) is 0.500. The molecule has 1 aromatic heterocycles. The van der Waals surface area contributed by atoms with Gasteiger partial charge in [0.15, 0.2) is 0 Å². The van der Waals surface area contributed by atoms with Crippen LogP contribution in [-0.2, 0) is 13.6 Å². The molecular weight excluding hydrogens is 337 g/mol. The molecule has 2 aromatic rings. The van der Waals surface area contributed by atoms with Crippen molar-refractivity contribution in [3.05, 3.63) is 29.8 Å². The monoisotopic (exact) mass is 361 g/mol. The number of benzene rings is 1. The Hall–Kier alpha value is -0.390. The van der Waals surface area contributed by atoms with Gasteiger partial charge in [-0.2, -0.15) is 0 Å². The average molecular weight is 362 g/mol. The average Bonchev–Trinajstić information content (AvgIpc) is 2.74. The van der Waals surface area contributed by atoms with Crippen LogP contribution in [-0.4, -0.2) is 53.8 Å². The molecule has 0 bridgehead atoms. The third kappa shape index (κ3) is 3.74. The standard InChI is InChI=1S/C16H23N3S.2ClH/c1-17-8-10-19(11-9-17)12-14-13-6-4-5-7-15(13)18(2)16(14)20-3;;/h4-7H,8-12H2,1-3H3;2*1H. The molecule has 6 heteroatoms. The number of hydrogen-bond donors (Lipinski definition) is 0. The molecule has 0 amide bonds. The maximum absolute atomic E-state index is 2.58. The lowest BCUT2D eigenvalue weighted by molar-refractivity contribution is 0.147. The third-order valence-corrected chi connectivity index (χ3v) is 5.23. The summed E-state index contributed by atoms with van der Waals surface area (Å²) in [6, 6.07) is 8.77. The van der Waals surface area contributed by atoms with E-state index in [2.05, 4.69) is 59.0 Å². The van der Waals surface area contributed by atoms with Gasteiger partial charge in [-0.1, -0.05) is 18.2 Å². The highest BCUT2D eigenvalue weighted by molar-refractivity contribution is 7.98. The molecule has 2 heterocycles. The van der Waals surface area contributed by atoms with E-state index in [1.54, 1.807) is 0 Å². The van der Waals surface area contributed by atoms with Gasteiger partial charge in [0.05, 0.1) is 5.03 Å². The smallest absolute Gasteiger partial charge is 0.0799 e. The summed E-state index contributed by atoms with van der Waals surface area (Å²) in [5.41, 5.74) is 2.85. The highest BCUT2D eigenvalue weighted by atomic mass is 35.5. The summed E-state index contributed by atoms with van der Waals surface area (Å²) in [7, 11) is 4.39. The number of nitrogens with zero attached hydrogens (tertiary/aromatic N) is 3. The third-order valence-electron chi connectivity index (χ3n) is 4.32. The second kappa shape index (κ2) is 8.46. The lowest BCUT2D eigenvalue weighted by Crippen LogP contribution is -2.43. The van der Waals surface area contributed by atoms with Gasteiger partial charge in [-0.3, -0.25) is 4.90 Å². The summed E-state index contributed by atoms with van der Waals surface area (Å²) in [4.78, 5) is 5.00. The number of piperazine rings is 1. The minimum atomic E-state index is 0. The quantitative estimate of drug-likeness (QED) is 0.775. The van der Waals surface area contributed by atoms with E-state index in [0.717, 1.165) is 6.54 Å². The zero-order valence-corrected chi connectivity index (χ0v) is 15.9. The van der Waals surface area contributed by atoms with Crippen molar-refractivity contribution in [3.63, 3.8) is 0 Å². The number of halogens is 2. The first-order valence-corrected chi connectivity index (χ1v) is 8.44. The van der Waals surface area contributed by atoms with Gasteiger partial charge in [-0.15, -0.1) is 36.6 Å². The summed E-state index contributed by atoms with van der Waals surface area (Å²) in [6.45, 7) is 5.78. The number of rotatable bonds is 3. The SMILES string of the molecule is CSc1c(CN2CCN(C)CC2)c2ccccc2n1C.Cl.Cl. The molecule has 0 unspecified atom stereocenters. The lowest BCUT2D eigenvalue weighted by atomic mass is 10.1. The minimum absolute atomic E-state index is 0. The number of thioether (sulfide) groups is 1. The molecule has 0 N–H and O–H groups in total. The molecule has 1 aliphatic rings. The summed E-state index contributed by atoms with van der Waals surface area (Å²) in [5.74, 6) is 0. The van der Waals surface area contributed by atoms with Crippen LogP contribution in [0.2, 0.25) is 0 Å². The maximum atomic E-state index is 2.58. The Morgan fingerprint density at radius 2 is 1.64 bits per heavy atom. The van der Waals surface area contributed by atoms with Crippen LogP contribution in [0.5, 0.6) is 0 Å². The molecule has 0 radical (unpaired) electrons. The number of aromatic nitrogens is 1. The van der Waals surface area contributed by atoms with Crippen molar-refractivity contribution in [1.29, 1.82) is 0 Å². The van der Waals surface area contributed by atoms with Crippen LogP contribution in [0, 0.1) is 0 Å².